The number of anilines is 3. The molecule has 206 valence electrons. The first kappa shape index (κ1) is 29.1. The van der Waals surface area contributed by atoms with Crippen molar-refractivity contribution in [3.8, 4) is 0 Å². The van der Waals surface area contributed by atoms with E-state index in [0.29, 0.717) is 16.8 Å². The molecule has 0 aliphatic rings. The first-order valence-corrected chi connectivity index (χ1v) is 12.9. The molecule has 0 saturated heterocycles. The van der Waals surface area contributed by atoms with Crippen molar-refractivity contribution in [3.63, 3.8) is 0 Å². The molecule has 3 rings (SSSR count). The molecule has 0 unspecified atom stereocenters. The average Bonchev–Trinajstić information content (AvgIpc) is 3.29. The Morgan fingerprint density at radius 1 is 1.08 bits per heavy atom. The van der Waals surface area contributed by atoms with Gasteiger partial charge in [0.1, 0.15) is 17.5 Å². The maximum atomic E-state index is 14.2. The molecule has 12 heteroatoms. The maximum Gasteiger partial charge on any atom is 0.325 e. The number of hydrogen-bond acceptors (Lipinski definition) is 9. The van der Waals surface area contributed by atoms with E-state index in [9.17, 15) is 19.2 Å². The van der Waals surface area contributed by atoms with E-state index in [1.807, 2.05) is 57.1 Å². The van der Waals surface area contributed by atoms with Gasteiger partial charge in [-0.15, -0.1) is 0 Å². The van der Waals surface area contributed by atoms with Crippen molar-refractivity contribution in [1.82, 2.24) is 9.69 Å². The summed E-state index contributed by atoms with van der Waals surface area (Å²) < 4.78 is 8.92. The van der Waals surface area contributed by atoms with Crippen LogP contribution in [0.3, 0.4) is 0 Å². The van der Waals surface area contributed by atoms with E-state index >= 15 is 0 Å². The van der Waals surface area contributed by atoms with Gasteiger partial charge in [0.25, 0.3) is 11.8 Å². The summed E-state index contributed by atoms with van der Waals surface area (Å²) in [6.45, 7) is 5.10. The van der Waals surface area contributed by atoms with Crippen LogP contribution in [-0.4, -0.2) is 55.3 Å². The van der Waals surface area contributed by atoms with Crippen LogP contribution in [0.15, 0.2) is 42.5 Å². The van der Waals surface area contributed by atoms with Crippen LogP contribution in [0, 0.1) is 13.8 Å². The number of rotatable bonds is 10. The van der Waals surface area contributed by atoms with E-state index in [1.165, 1.54) is 4.90 Å². The molecule has 0 fully saturated rings. The van der Waals surface area contributed by atoms with E-state index < -0.39 is 29.7 Å². The normalized spacial score (nSPS) is 11.4. The maximum absolute atomic E-state index is 14.2. The van der Waals surface area contributed by atoms with E-state index in [1.54, 1.807) is 25.1 Å². The number of hydrogen-bond donors (Lipinski definition) is 3. The van der Waals surface area contributed by atoms with Gasteiger partial charge < -0.3 is 26.4 Å². The smallest absolute Gasteiger partial charge is 0.325 e. The third-order valence-electron chi connectivity index (χ3n) is 5.94. The van der Waals surface area contributed by atoms with E-state index in [4.69, 9.17) is 16.2 Å². The number of ether oxygens (including phenoxy) is 1. The summed E-state index contributed by atoms with van der Waals surface area (Å²) in [6, 6.07) is 11.4. The number of nitrogens with zero attached hydrogens (tertiary/aromatic N) is 3. The first-order valence-electron chi connectivity index (χ1n) is 12.1. The van der Waals surface area contributed by atoms with Crippen molar-refractivity contribution in [2.24, 2.45) is 5.73 Å². The van der Waals surface area contributed by atoms with Gasteiger partial charge in [0, 0.05) is 25.5 Å². The van der Waals surface area contributed by atoms with Crippen molar-refractivity contribution >= 4 is 52.3 Å². The second-order valence-electron chi connectivity index (χ2n) is 9.01. The molecule has 1 aromatic heterocycles. The second kappa shape index (κ2) is 12.4. The summed E-state index contributed by atoms with van der Waals surface area (Å²) >= 11 is 0.722. The summed E-state index contributed by atoms with van der Waals surface area (Å²) in [6.07, 6.45) is 0. The molecule has 0 saturated carbocycles. The molecular weight excluding hydrogens is 520 g/mol. The molecule has 0 aliphatic carbocycles. The van der Waals surface area contributed by atoms with E-state index in [2.05, 4.69) is 9.69 Å². The molecule has 1 atom stereocenters. The highest BCUT2D eigenvalue weighted by Crippen LogP contribution is 2.35. The minimum Gasteiger partial charge on any atom is -0.465 e. The lowest BCUT2D eigenvalue weighted by Crippen LogP contribution is -2.45. The number of esters is 1. The Bertz CT molecular complexity index is 1390. The lowest BCUT2D eigenvalue weighted by Gasteiger charge is -2.32. The lowest BCUT2D eigenvalue weighted by molar-refractivity contribution is -0.143. The lowest BCUT2D eigenvalue weighted by atomic mass is 10.00. The van der Waals surface area contributed by atoms with Crippen molar-refractivity contribution < 1.29 is 23.9 Å². The van der Waals surface area contributed by atoms with Gasteiger partial charge in [0.15, 0.2) is 5.69 Å². The van der Waals surface area contributed by atoms with Crippen LogP contribution in [-0.2, 0) is 14.3 Å². The number of benzene rings is 2. The van der Waals surface area contributed by atoms with Crippen LogP contribution >= 0.6 is 11.5 Å². The minimum atomic E-state index is -1.22. The van der Waals surface area contributed by atoms with Gasteiger partial charge in [-0.05, 0) is 67.2 Å². The van der Waals surface area contributed by atoms with Crippen molar-refractivity contribution in [2.45, 2.75) is 26.8 Å². The van der Waals surface area contributed by atoms with Crippen molar-refractivity contribution in [1.29, 1.82) is 0 Å². The van der Waals surface area contributed by atoms with E-state index in [-0.39, 0.29) is 29.4 Å². The Labute approximate surface area is 230 Å². The fourth-order valence-electron chi connectivity index (χ4n) is 3.92. The quantitative estimate of drug-likeness (QED) is 0.323. The number of nitrogens with one attached hydrogen (secondary N) is 1. The largest absolute Gasteiger partial charge is 0.465 e. The van der Waals surface area contributed by atoms with Crippen molar-refractivity contribution in [2.75, 3.05) is 42.8 Å². The predicted molar refractivity (Wildman–Crippen MR) is 151 cm³/mol. The third kappa shape index (κ3) is 6.52. The van der Waals surface area contributed by atoms with Gasteiger partial charge in [-0.25, -0.2) is 0 Å². The molecule has 1 heterocycles. The highest BCUT2D eigenvalue weighted by molar-refractivity contribution is 7.09. The van der Waals surface area contributed by atoms with Crippen LogP contribution in [0.4, 0.5) is 17.1 Å². The molecule has 0 bridgehead atoms. The highest BCUT2D eigenvalue weighted by Gasteiger charge is 2.37. The number of nitrogens with two attached hydrogens (primary N) is 2. The van der Waals surface area contributed by atoms with Gasteiger partial charge >= 0.3 is 5.97 Å². The Kier molecular flexibility index (Phi) is 9.25. The molecule has 39 heavy (non-hydrogen) atoms. The number of nitrogen functional groups attached to an aromatic ring is 1. The molecule has 0 radical (unpaired) electrons. The van der Waals surface area contributed by atoms with E-state index in [0.717, 1.165) is 22.8 Å². The van der Waals surface area contributed by atoms with Gasteiger partial charge in [-0.2, -0.15) is 4.37 Å². The van der Waals surface area contributed by atoms with Crippen LogP contribution in [0.2, 0.25) is 0 Å². The van der Waals surface area contributed by atoms with Gasteiger partial charge in [0.2, 0.25) is 5.91 Å². The standard InChI is InChI=1S/C27H32N6O5S/c1-6-38-20(34)14-30-26(36)23(17-9-11-18(12-10-17)32(4)5)33(19-13-15(2)7-8-16(19)3)27(37)24-21(28)22(25(29)35)31-39-24/h7-13,23H,6,14,28H2,1-5H3,(H2,29,35)(H,30,36)/t23-/m1/s1. The zero-order valence-electron chi connectivity index (χ0n) is 22.5. The van der Waals surface area contributed by atoms with Crippen LogP contribution in [0.1, 0.15) is 49.8 Å². The third-order valence-corrected chi connectivity index (χ3v) is 6.79. The number of amides is 3. The SMILES string of the molecule is CCOC(=O)CNC(=O)[C@@H](c1ccc(N(C)C)cc1)N(C(=O)c1snc(C(N)=O)c1N)c1cc(C)ccc1C. The van der Waals surface area contributed by atoms with Crippen LogP contribution < -0.4 is 26.6 Å². The summed E-state index contributed by atoms with van der Waals surface area (Å²) in [4.78, 5) is 55.0. The fraction of sp³-hybridized carbons (Fsp3) is 0.296. The first-order chi connectivity index (χ1) is 18.5. The molecule has 3 amide bonds. The Morgan fingerprint density at radius 3 is 2.31 bits per heavy atom. The molecule has 0 spiro atoms. The van der Waals surface area contributed by atoms with Gasteiger partial charge in [0.05, 0.1) is 12.3 Å². The van der Waals surface area contributed by atoms with Crippen LogP contribution in [0.25, 0.3) is 0 Å². The fourth-order valence-corrected chi connectivity index (χ4v) is 4.67. The molecule has 2 aromatic carbocycles. The molecular formula is C27H32N6O5S. The zero-order chi connectivity index (χ0) is 28.9. The second-order valence-corrected chi connectivity index (χ2v) is 9.79. The number of aryl methyl sites for hydroxylation is 2. The molecule has 0 aliphatic heterocycles. The summed E-state index contributed by atoms with van der Waals surface area (Å²) in [5.74, 6) is -2.76. The van der Waals surface area contributed by atoms with Gasteiger partial charge in [-0.3, -0.25) is 24.1 Å². The van der Waals surface area contributed by atoms with Gasteiger partial charge in [-0.1, -0.05) is 24.3 Å². The Hall–Kier alpha value is -4.45. The number of aromatic nitrogens is 1. The highest BCUT2D eigenvalue weighted by atomic mass is 32.1. The topological polar surface area (TPSA) is 161 Å². The Morgan fingerprint density at radius 2 is 1.74 bits per heavy atom. The number of carbonyl (C=O) groups excluding carboxylic acids is 4. The minimum absolute atomic E-state index is 0.0437. The molecule has 3 aromatic rings. The summed E-state index contributed by atoms with van der Waals surface area (Å²) in [5, 5.41) is 2.60. The molecule has 11 nitrogen and oxygen atoms in total. The monoisotopic (exact) mass is 552 g/mol. The average molecular weight is 553 g/mol. The predicted octanol–water partition coefficient (Wildman–Crippen LogP) is 2.57. The summed E-state index contributed by atoms with van der Waals surface area (Å²) in [5.41, 5.74) is 14.5. The summed E-state index contributed by atoms with van der Waals surface area (Å²) in [7, 11) is 3.76. The Balaban J connectivity index is 2.22. The van der Waals surface area contributed by atoms with Crippen molar-refractivity contribution in [3.05, 3.63) is 69.7 Å². The number of carbonyl (C=O) groups is 4. The molecule has 5 N–H and O–H groups in total. The number of primary amides is 1. The van der Waals surface area contributed by atoms with Crippen LogP contribution in [0.5, 0.6) is 0 Å². The zero-order valence-corrected chi connectivity index (χ0v) is 23.3.